The normalized spacial score (nSPS) is 42.5. The molecule has 21 heavy (non-hydrogen) atoms. The van der Waals surface area contributed by atoms with Crippen molar-refractivity contribution in [3.63, 3.8) is 0 Å². The molecule has 4 fully saturated rings. The van der Waals surface area contributed by atoms with Gasteiger partial charge < -0.3 is 5.32 Å². The second-order valence-corrected chi connectivity index (χ2v) is 11.9. The molecule has 3 atom stereocenters. The second kappa shape index (κ2) is 5.06. The maximum atomic E-state index is 3.80. The van der Waals surface area contributed by atoms with Crippen molar-refractivity contribution in [1.82, 2.24) is 5.32 Å². The smallest absolute Gasteiger partial charge is 0.0758 e. The lowest BCUT2D eigenvalue weighted by Gasteiger charge is -2.63. The molecule has 4 aliphatic carbocycles. The zero-order valence-corrected chi connectivity index (χ0v) is 16.7. The molecule has 116 valence electrons. The number of halogens is 2. The van der Waals surface area contributed by atoms with Crippen LogP contribution in [0.1, 0.15) is 57.1 Å². The Morgan fingerprint density at radius 2 is 1.90 bits per heavy atom. The highest BCUT2D eigenvalue weighted by Crippen LogP contribution is 2.68. The van der Waals surface area contributed by atoms with E-state index in [1.807, 2.05) is 11.3 Å². The molecule has 1 aromatic rings. The van der Waals surface area contributed by atoms with Gasteiger partial charge in [-0.15, -0.1) is 11.3 Å². The number of hydrogen-bond acceptors (Lipinski definition) is 2. The maximum Gasteiger partial charge on any atom is 0.0758 e. The van der Waals surface area contributed by atoms with Crippen LogP contribution in [0.5, 0.6) is 0 Å². The van der Waals surface area contributed by atoms with Crippen molar-refractivity contribution in [2.45, 2.75) is 51.5 Å². The van der Waals surface area contributed by atoms with E-state index in [1.165, 1.54) is 51.7 Å². The first kappa shape index (κ1) is 15.2. The standard InChI is InChI=1S/C17H23Br2NS/c1-16-5-10-3-11(6-16)8-17(7-10,9-16)14(20-2)12-4-13(18)21-15(12)19/h4,10-11,14,20H,3,5-9H2,1-2H3. The largest absolute Gasteiger partial charge is 0.312 e. The van der Waals surface area contributed by atoms with Gasteiger partial charge in [0.2, 0.25) is 0 Å². The predicted octanol–water partition coefficient (Wildman–Crippen LogP) is 6.14. The maximum absolute atomic E-state index is 3.80. The van der Waals surface area contributed by atoms with E-state index in [0.717, 1.165) is 11.8 Å². The molecule has 4 bridgehead atoms. The number of hydrogen-bond donors (Lipinski definition) is 1. The van der Waals surface area contributed by atoms with Crippen molar-refractivity contribution in [1.29, 1.82) is 0 Å². The van der Waals surface area contributed by atoms with Gasteiger partial charge in [0.1, 0.15) is 0 Å². The Kier molecular flexibility index (Phi) is 3.65. The van der Waals surface area contributed by atoms with Gasteiger partial charge in [-0.25, -0.2) is 0 Å². The van der Waals surface area contributed by atoms with Crippen LogP contribution < -0.4 is 5.32 Å². The van der Waals surface area contributed by atoms with Gasteiger partial charge in [-0.1, -0.05) is 6.92 Å². The molecule has 0 aliphatic heterocycles. The lowest BCUT2D eigenvalue weighted by Crippen LogP contribution is -2.55. The van der Waals surface area contributed by atoms with Crippen LogP contribution in [-0.2, 0) is 0 Å². The van der Waals surface area contributed by atoms with E-state index < -0.39 is 0 Å². The number of thiophene rings is 1. The van der Waals surface area contributed by atoms with Crippen LogP contribution in [0.2, 0.25) is 0 Å². The van der Waals surface area contributed by atoms with Crippen LogP contribution >= 0.6 is 43.2 Å². The van der Waals surface area contributed by atoms with Gasteiger partial charge in [-0.3, -0.25) is 0 Å². The number of rotatable bonds is 3. The molecule has 4 heteroatoms. The topological polar surface area (TPSA) is 12.0 Å². The van der Waals surface area contributed by atoms with Gasteiger partial charge in [-0.2, -0.15) is 0 Å². The van der Waals surface area contributed by atoms with Gasteiger partial charge in [0, 0.05) is 6.04 Å². The fourth-order valence-electron chi connectivity index (χ4n) is 6.48. The molecular weight excluding hydrogens is 410 g/mol. The van der Waals surface area contributed by atoms with Gasteiger partial charge in [0.05, 0.1) is 7.57 Å². The Bertz CT molecular complexity index is 553. The van der Waals surface area contributed by atoms with Gasteiger partial charge in [0.25, 0.3) is 0 Å². The molecule has 0 amide bonds. The summed E-state index contributed by atoms with van der Waals surface area (Å²) in [6.45, 7) is 2.56. The van der Waals surface area contributed by atoms with Crippen molar-refractivity contribution in [2.75, 3.05) is 7.05 Å². The van der Waals surface area contributed by atoms with E-state index in [2.05, 4.69) is 57.2 Å². The first-order chi connectivity index (χ1) is 9.93. The van der Waals surface area contributed by atoms with E-state index in [0.29, 0.717) is 16.9 Å². The summed E-state index contributed by atoms with van der Waals surface area (Å²) in [6, 6.07) is 2.83. The summed E-state index contributed by atoms with van der Waals surface area (Å²) >= 11 is 9.27. The van der Waals surface area contributed by atoms with Crippen molar-refractivity contribution in [2.24, 2.45) is 22.7 Å². The minimum atomic E-state index is 0.483. The Morgan fingerprint density at radius 1 is 1.24 bits per heavy atom. The van der Waals surface area contributed by atoms with Gasteiger partial charge in [0.15, 0.2) is 0 Å². The summed E-state index contributed by atoms with van der Waals surface area (Å²) in [4.78, 5) is 0. The minimum absolute atomic E-state index is 0.483. The lowest BCUT2D eigenvalue weighted by molar-refractivity contribution is -0.118. The van der Waals surface area contributed by atoms with Crippen LogP contribution in [0.4, 0.5) is 0 Å². The van der Waals surface area contributed by atoms with E-state index in [9.17, 15) is 0 Å². The van der Waals surface area contributed by atoms with Crippen LogP contribution in [0, 0.1) is 22.7 Å². The molecule has 1 aromatic heterocycles. The van der Waals surface area contributed by atoms with Crippen LogP contribution in [0.3, 0.4) is 0 Å². The molecular formula is C17H23Br2NS. The molecule has 1 nitrogen and oxygen atoms in total. The zero-order chi connectivity index (χ0) is 14.8. The fraction of sp³-hybridized carbons (Fsp3) is 0.765. The van der Waals surface area contributed by atoms with E-state index in [-0.39, 0.29) is 0 Å². The Hall–Kier alpha value is 0.620. The highest BCUT2D eigenvalue weighted by Gasteiger charge is 2.58. The molecule has 0 saturated heterocycles. The zero-order valence-electron chi connectivity index (χ0n) is 12.7. The fourth-order valence-corrected chi connectivity index (χ4v) is 9.38. The van der Waals surface area contributed by atoms with Crippen LogP contribution in [0.15, 0.2) is 13.6 Å². The third kappa shape index (κ3) is 2.40. The first-order valence-corrected chi connectivity index (χ1v) is 10.5. The minimum Gasteiger partial charge on any atom is -0.312 e. The summed E-state index contributed by atoms with van der Waals surface area (Å²) in [5, 5.41) is 3.70. The lowest BCUT2D eigenvalue weighted by atomic mass is 9.43. The summed E-state index contributed by atoms with van der Waals surface area (Å²) in [5.41, 5.74) is 2.56. The average Bonchev–Trinajstić information content (AvgIpc) is 2.65. The third-order valence-corrected chi connectivity index (χ3v) is 8.68. The Morgan fingerprint density at radius 3 is 2.38 bits per heavy atom. The molecule has 0 spiro atoms. The van der Waals surface area contributed by atoms with Crippen molar-refractivity contribution in [3.05, 3.63) is 19.2 Å². The molecule has 4 saturated carbocycles. The molecule has 4 aliphatic rings. The van der Waals surface area contributed by atoms with Gasteiger partial charge >= 0.3 is 0 Å². The summed E-state index contributed by atoms with van der Waals surface area (Å²) in [7, 11) is 2.16. The Labute approximate surface area is 148 Å². The van der Waals surface area contributed by atoms with E-state index >= 15 is 0 Å². The monoisotopic (exact) mass is 431 g/mol. The molecule has 1 heterocycles. The number of nitrogens with one attached hydrogen (secondary N) is 1. The van der Waals surface area contributed by atoms with Crippen molar-refractivity contribution < 1.29 is 0 Å². The molecule has 0 aromatic carbocycles. The molecule has 1 N–H and O–H groups in total. The molecule has 3 unspecified atom stereocenters. The van der Waals surface area contributed by atoms with E-state index in [1.54, 1.807) is 0 Å². The summed E-state index contributed by atoms with van der Waals surface area (Å²) in [5.74, 6) is 1.96. The van der Waals surface area contributed by atoms with Crippen LogP contribution in [0.25, 0.3) is 0 Å². The third-order valence-electron chi connectivity index (χ3n) is 6.29. The predicted molar refractivity (Wildman–Crippen MR) is 96.7 cm³/mol. The van der Waals surface area contributed by atoms with E-state index in [4.69, 9.17) is 0 Å². The molecule has 5 rings (SSSR count). The molecule has 0 radical (unpaired) electrons. The van der Waals surface area contributed by atoms with Crippen molar-refractivity contribution in [3.8, 4) is 0 Å². The average molecular weight is 433 g/mol. The van der Waals surface area contributed by atoms with Gasteiger partial charge in [-0.05, 0) is 112 Å². The summed E-state index contributed by atoms with van der Waals surface area (Å²) in [6.07, 6.45) is 8.75. The SMILES string of the molecule is CNC(c1cc(Br)sc1Br)C12CC3CC(CC(C)(C3)C1)C2. The first-order valence-electron chi connectivity index (χ1n) is 8.05. The second-order valence-electron chi connectivity index (χ2n) is 8.14. The highest BCUT2D eigenvalue weighted by atomic mass is 79.9. The van der Waals surface area contributed by atoms with Crippen molar-refractivity contribution >= 4 is 43.2 Å². The summed E-state index contributed by atoms with van der Waals surface area (Å²) < 4.78 is 2.54. The van der Waals surface area contributed by atoms with Crippen LogP contribution in [-0.4, -0.2) is 7.05 Å². The quantitative estimate of drug-likeness (QED) is 0.604. The highest BCUT2D eigenvalue weighted by molar-refractivity contribution is 9.12. The Balaban J connectivity index is 1.75.